The van der Waals surface area contributed by atoms with Crippen LogP contribution >= 0.6 is 0 Å². The number of benzene rings is 2. The van der Waals surface area contributed by atoms with Gasteiger partial charge in [-0.1, -0.05) is 50.2 Å². The number of rotatable bonds is 4. The molecule has 0 unspecified atom stereocenters. The molecule has 136 valence electrons. The SMILES string of the molecule is CCc1nc2c(c(-c3ccc(C(=O)OC)cc3)c1CC)-c1ccccc1C2. The molecule has 0 atom stereocenters. The van der Waals surface area contributed by atoms with Crippen molar-refractivity contribution in [3.05, 3.63) is 76.6 Å². The van der Waals surface area contributed by atoms with Crippen LogP contribution in [0.5, 0.6) is 0 Å². The molecule has 0 amide bonds. The van der Waals surface area contributed by atoms with E-state index in [1.165, 1.54) is 40.6 Å². The van der Waals surface area contributed by atoms with E-state index < -0.39 is 0 Å². The van der Waals surface area contributed by atoms with Crippen LogP contribution in [0.2, 0.25) is 0 Å². The highest BCUT2D eigenvalue weighted by molar-refractivity contribution is 5.93. The molecule has 27 heavy (non-hydrogen) atoms. The molecular formula is C24H23NO2. The summed E-state index contributed by atoms with van der Waals surface area (Å²) in [5, 5.41) is 0. The minimum atomic E-state index is -0.309. The lowest BCUT2D eigenvalue weighted by Gasteiger charge is -2.18. The molecule has 3 nitrogen and oxygen atoms in total. The first-order valence-corrected chi connectivity index (χ1v) is 9.49. The fourth-order valence-corrected chi connectivity index (χ4v) is 4.13. The molecule has 0 spiro atoms. The maximum absolute atomic E-state index is 11.8. The highest BCUT2D eigenvalue weighted by Crippen LogP contribution is 2.44. The number of esters is 1. The van der Waals surface area contributed by atoms with E-state index in [4.69, 9.17) is 9.72 Å². The van der Waals surface area contributed by atoms with Crippen LogP contribution in [0.15, 0.2) is 48.5 Å². The molecule has 0 fully saturated rings. The van der Waals surface area contributed by atoms with Crippen LogP contribution in [0.1, 0.15) is 46.7 Å². The standard InChI is InChI=1S/C24H23NO2/c1-4-18-20(5-2)25-21-14-17-8-6-7-9-19(17)23(21)22(18)15-10-12-16(13-11-15)24(26)27-3/h6-13H,4-5,14H2,1-3H3. The van der Waals surface area contributed by atoms with Crippen molar-refractivity contribution in [1.29, 1.82) is 0 Å². The van der Waals surface area contributed by atoms with Crippen molar-refractivity contribution < 1.29 is 9.53 Å². The summed E-state index contributed by atoms with van der Waals surface area (Å²) < 4.78 is 4.83. The summed E-state index contributed by atoms with van der Waals surface area (Å²) in [6.07, 6.45) is 2.73. The first kappa shape index (κ1) is 17.5. The fraction of sp³-hybridized carbons (Fsp3) is 0.250. The van der Waals surface area contributed by atoms with Gasteiger partial charge in [0.05, 0.1) is 18.4 Å². The zero-order valence-electron chi connectivity index (χ0n) is 16.0. The summed E-state index contributed by atoms with van der Waals surface area (Å²) in [5.74, 6) is -0.309. The molecule has 4 rings (SSSR count). The highest BCUT2D eigenvalue weighted by atomic mass is 16.5. The number of hydrogen-bond acceptors (Lipinski definition) is 3. The third kappa shape index (κ3) is 2.84. The van der Waals surface area contributed by atoms with Crippen LogP contribution in [0.4, 0.5) is 0 Å². The van der Waals surface area contributed by atoms with Crippen LogP contribution in [-0.4, -0.2) is 18.1 Å². The van der Waals surface area contributed by atoms with Crippen LogP contribution in [0.25, 0.3) is 22.3 Å². The predicted octanol–water partition coefficient (Wildman–Crippen LogP) is 5.23. The Balaban J connectivity index is 1.97. The van der Waals surface area contributed by atoms with E-state index in [0.29, 0.717) is 5.56 Å². The molecule has 0 N–H and O–H groups in total. The number of aryl methyl sites for hydroxylation is 1. The van der Waals surface area contributed by atoms with Gasteiger partial charge in [-0.2, -0.15) is 0 Å². The number of aromatic nitrogens is 1. The summed E-state index contributed by atoms with van der Waals surface area (Å²) in [4.78, 5) is 16.8. The molecule has 1 aromatic heterocycles. The van der Waals surface area contributed by atoms with Gasteiger partial charge in [-0.05, 0) is 52.8 Å². The first-order valence-electron chi connectivity index (χ1n) is 9.49. The normalized spacial score (nSPS) is 11.8. The Hall–Kier alpha value is -2.94. The number of methoxy groups -OCH3 is 1. The molecule has 1 aliphatic rings. The van der Waals surface area contributed by atoms with E-state index in [9.17, 15) is 4.79 Å². The summed E-state index contributed by atoms with van der Waals surface area (Å²) >= 11 is 0. The fourth-order valence-electron chi connectivity index (χ4n) is 4.13. The van der Waals surface area contributed by atoms with Gasteiger partial charge in [0.25, 0.3) is 0 Å². The van der Waals surface area contributed by atoms with Crippen molar-refractivity contribution in [1.82, 2.24) is 4.98 Å². The van der Waals surface area contributed by atoms with Gasteiger partial charge in [0.1, 0.15) is 0 Å². The van der Waals surface area contributed by atoms with Gasteiger partial charge in [0.15, 0.2) is 0 Å². The van der Waals surface area contributed by atoms with E-state index in [2.05, 4.69) is 38.1 Å². The van der Waals surface area contributed by atoms with E-state index in [0.717, 1.165) is 30.5 Å². The zero-order chi connectivity index (χ0) is 19.0. The average Bonchev–Trinajstić information content (AvgIpc) is 3.09. The monoisotopic (exact) mass is 357 g/mol. The van der Waals surface area contributed by atoms with Gasteiger partial charge in [-0.3, -0.25) is 4.98 Å². The van der Waals surface area contributed by atoms with Gasteiger partial charge in [0, 0.05) is 17.7 Å². The quantitative estimate of drug-likeness (QED) is 0.469. The molecule has 1 heterocycles. The van der Waals surface area contributed by atoms with Crippen LogP contribution in [-0.2, 0) is 24.0 Å². The minimum absolute atomic E-state index is 0.309. The Morgan fingerprint density at radius 3 is 2.41 bits per heavy atom. The number of ether oxygens (including phenoxy) is 1. The van der Waals surface area contributed by atoms with E-state index >= 15 is 0 Å². The van der Waals surface area contributed by atoms with Crippen LogP contribution in [0, 0.1) is 0 Å². The van der Waals surface area contributed by atoms with Gasteiger partial charge in [-0.15, -0.1) is 0 Å². The van der Waals surface area contributed by atoms with E-state index in [-0.39, 0.29) is 5.97 Å². The molecule has 0 radical (unpaired) electrons. The van der Waals surface area contributed by atoms with Crippen molar-refractivity contribution >= 4 is 5.97 Å². The first-order chi connectivity index (χ1) is 13.2. The lowest BCUT2D eigenvalue weighted by Crippen LogP contribution is -2.04. The van der Waals surface area contributed by atoms with Gasteiger partial charge in [0.2, 0.25) is 0 Å². The van der Waals surface area contributed by atoms with Crippen molar-refractivity contribution in [2.24, 2.45) is 0 Å². The number of pyridine rings is 1. The average molecular weight is 357 g/mol. The van der Waals surface area contributed by atoms with Crippen molar-refractivity contribution in [3.8, 4) is 22.3 Å². The number of carbonyl (C=O) groups is 1. The lowest BCUT2D eigenvalue weighted by molar-refractivity contribution is 0.0601. The van der Waals surface area contributed by atoms with Crippen LogP contribution in [0.3, 0.4) is 0 Å². The molecule has 2 aromatic carbocycles. The smallest absolute Gasteiger partial charge is 0.337 e. The number of nitrogens with zero attached hydrogens (tertiary/aromatic N) is 1. The third-order valence-electron chi connectivity index (χ3n) is 5.39. The molecule has 3 heteroatoms. The molecule has 3 aromatic rings. The molecular weight excluding hydrogens is 334 g/mol. The number of hydrogen-bond donors (Lipinski definition) is 0. The summed E-state index contributed by atoms with van der Waals surface area (Å²) in [6.45, 7) is 4.36. The Labute approximate surface area is 160 Å². The predicted molar refractivity (Wildman–Crippen MR) is 108 cm³/mol. The number of fused-ring (bicyclic) bond motifs is 3. The van der Waals surface area contributed by atoms with Crippen molar-refractivity contribution in [3.63, 3.8) is 0 Å². The van der Waals surface area contributed by atoms with Crippen molar-refractivity contribution in [2.75, 3.05) is 7.11 Å². The summed E-state index contributed by atoms with van der Waals surface area (Å²) in [7, 11) is 1.41. The molecule has 0 saturated carbocycles. The zero-order valence-corrected chi connectivity index (χ0v) is 16.0. The Kier molecular flexibility index (Phi) is 4.53. The summed E-state index contributed by atoms with van der Waals surface area (Å²) in [5.41, 5.74) is 10.5. The Morgan fingerprint density at radius 1 is 1.00 bits per heavy atom. The van der Waals surface area contributed by atoms with Gasteiger partial charge >= 0.3 is 5.97 Å². The summed E-state index contributed by atoms with van der Waals surface area (Å²) in [6, 6.07) is 16.3. The third-order valence-corrected chi connectivity index (χ3v) is 5.39. The Bertz CT molecular complexity index is 1020. The van der Waals surface area contributed by atoms with E-state index in [1.54, 1.807) is 0 Å². The molecule has 1 aliphatic carbocycles. The highest BCUT2D eigenvalue weighted by Gasteiger charge is 2.26. The number of carbonyl (C=O) groups excluding carboxylic acids is 1. The molecule has 0 bridgehead atoms. The lowest BCUT2D eigenvalue weighted by atomic mass is 9.89. The van der Waals surface area contributed by atoms with Crippen LogP contribution < -0.4 is 0 Å². The maximum Gasteiger partial charge on any atom is 0.337 e. The van der Waals surface area contributed by atoms with Gasteiger partial charge in [-0.25, -0.2) is 4.79 Å². The second-order valence-corrected chi connectivity index (χ2v) is 6.84. The Morgan fingerprint density at radius 2 is 1.74 bits per heavy atom. The topological polar surface area (TPSA) is 39.2 Å². The minimum Gasteiger partial charge on any atom is -0.465 e. The largest absolute Gasteiger partial charge is 0.465 e. The maximum atomic E-state index is 11.8. The molecule has 0 aliphatic heterocycles. The van der Waals surface area contributed by atoms with E-state index in [1.807, 2.05) is 24.3 Å². The second kappa shape index (κ2) is 6.99. The molecule has 0 saturated heterocycles. The van der Waals surface area contributed by atoms with Gasteiger partial charge < -0.3 is 4.74 Å². The second-order valence-electron chi connectivity index (χ2n) is 6.84. The van der Waals surface area contributed by atoms with Crippen molar-refractivity contribution in [2.45, 2.75) is 33.1 Å².